The Balaban J connectivity index is 1.59. The molecular formula is C25H27N3O7. The van der Waals surface area contributed by atoms with Gasteiger partial charge in [-0.3, -0.25) is 14.4 Å². The maximum Gasteiger partial charge on any atom is 0.266 e. The smallest absolute Gasteiger partial charge is 0.266 e. The molecule has 1 heterocycles. The quantitative estimate of drug-likeness (QED) is 0.415. The zero-order valence-corrected chi connectivity index (χ0v) is 20.0. The van der Waals surface area contributed by atoms with Gasteiger partial charge in [-0.25, -0.2) is 4.68 Å². The summed E-state index contributed by atoms with van der Waals surface area (Å²) in [5, 5.41) is 7.08. The van der Waals surface area contributed by atoms with Gasteiger partial charge in [0.05, 0.1) is 33.6 Å². The topological polar surface area (TPSA) is 118 Å². The average molecular weight is 482 g/mol. The summed E-state index contributed by atoms with van der Waals surface area (Å²) in [6.07, 6.45) is 0. The number of ether oxygens (including phenoxy) is 4. The van der Waals surface area contributed by atoms with Gasteiger partial charge in [0.1, 0.15) is 0 Å². The lowest BCUT2D eigenvalue weighted by Crippen LogP contribution is -2.34. The van der Waals surface area contributed by atoms with Crippen molar-refractivity contribution in [3.63, 3.8) is 0 Å². The fourth-order valence-electron chi connectivity index (χ4n) is 3.26. The van der Waals surface area contributed by atoms with Crippen molar-refractivity contribution in [1.82, 2.24) is 15.1 Å². The van der Waals surface area contributed by atoms with Gasteiger partial charge in [-0.05, 0) is 49.4 Å². The summed E-state index contributed by atoms with van der Waals surface area (Å²) in [5.41, 5.74) is 1.50. The lowest BCUT2D eigenvalue weighted by atomic mass is 10.1. The summed E-state index contributed by atoms with van der Waals surface area (Å²) in [4.78, 5) is 36.0. The standard InChI is InChI=1S/C25H27N3O7/c1-16(29)17-5-9-21(23(13-17)34-4)35-15-24(30)26-11-12-28-25(31)10-7-19(27-28)18-6-8-20(32-2)22(14-18)33-3/h5-10,13-14H,11-12,15H2,1-4H3,(H,26,30). The third-order valence-corrected chi connectivity index (χ3v) is 5.12. The molecule has 3 aromatic rings. The van der Waals surface area contributed by atoms with Gasteiger partial charge in [-0.15, -0.1) is 0 Å². The number of ketones is 1. The van der Waals surface area contributed by atoms with E-state index in [1.54, 1.807) is 50.6 Å². The highest BCUT2D eigenvalue weighted by molar-refractivity contribution is 5.94. The van der Waals surface area contributed by atoms with E-state index in [0.717, 1.165) is 5.56 Å². The highest BCUT2D eigenvalue weighted by Gasteiger charge is 2.12. The summed E-state index contributed by atoms with van der Waals surface area (Å²) in [7, 11) is 4.54. The molecule has 0 bridgehead atoms. The molecule has 3 rings (SSSR count). The number of methoxy groups -OCH3 is 3. The molecule has 0 unspecified atom stereocenters. The summed E-state index contributed by atoms with van der Waals surface area (Å²) < 4.78 is 22.6. The molecule has 10 heteroatoms. The molecule has 184 valence electrons. The summed E-state index contributed by atoms with van der Waals surface area (Å²) in [5.74, 6) is 1.34. The van der Waals surface area contributed by atoms with Crippen molar-refractivity contribution in [3.8, 4) is 34.3 Å². The molecule has 1 aromatic heterocycles. The molecule has 0 aliphatic heterocycles. The van der Waals surface area contributed by atoms with E-state index in [9.17, 15) is 14.4 Å². The van der Waals surface area contributed by atoms with Gasteiger partial charge in [0, 0.05) is 23.7 Å². The summed E-state index contributed by atoms with van der Waals surface area (Å²) in [6, 6.07) is 13.1. The molecular weight excluding hydrogens is 454 g/mol. The van der Waals surface area contributed by atoms with Crippen molar-refractivity contribution >= 4 is 11.7 Å². The van der Waals surface area contributed by atoms with E-state index in [1.807, 2.05) is 6.07 Å². The molecule has 35 heavy (non-hydrogen) atoms. The van der Waals surface area contributed by atoms with Gasteiger partial charge in [0.2, 0.25) is 0 Å². The van der Waals surface area contributed by atoms with E-state index in [-0.39, 0.29) is 36.9 Å². The highest BCUT2D eigenvalue weighted by Crippen LogP contribution is 2.31. The van der Waals surface area contributed by atoms with Crippen LogP contribution in [0.25, 0.3) is 11.3 Å². The van der Waals surface area contributed by atoms with E-state index >= 15 is 0 Å². The van der Waals surface area contributed by atoms with Crippen LogP contribution in [0.1, 0.15) is 17.3 Å². The number of hydrogen-bond acceptors (Lipinski definition) is 8. The lowest BCUT2D eigenvalue weighted by Gasteiger charge is -2.12. The molecule has 0 saturated heterocycles. The molecule has 0 atom stereocenters. The van der Waals surface area contributed by atoms with Crippen molar-refractivity contribution in [1.29, 1.82) is 0 Å². The Labute approximate surface area is 202 Å². The lowest BCUT2D eigenvalue weighted by molar-refractivity contribution is -0.123. The number of hydrogen-bond donors (Lipinski definition) is 1. The molecule has 0 saturated carbocycles. The Morgan fingerprint density at radius 2 is 1.57 bits per heavy atom. The molecule has 0 radical (unpaired) electrons. The van der Waals surface area contributed by atoms with Gasteiger partial charge < -0.3 is 24.3 Å². The predicted octanol–water partition coefficient (Wildman–Crippen LogP) is 2.33. The van der Waals surface area contributed by atoms with Gasteiger partial charge >= 0.3 is 0 Å². The van der Waals surface area contributed by atoms with Crippen LogP contribution in [0.4, 0.5) is 0 Å². The van der Waals surface area contributed by atoms with Gasteiger partial charge in [-0.2, -0.15) is 5.10 Å². The first kappa shape index (κ1) is 25.3. The zero-order valence-electron chi connectivity index (χ0n) is 20.0. The second-order valence-corrected chi connectivity index (χ2v) is 7.41. The Hall–Kier alpha value is -4.34. The Morgan fingerprint density at radius 1 is 0.886 bits per heavy atom. The van der Waals surface area contributed by atoms with Crippen LogP contribution in [0, 0.1) is 0 Å². The monoisotopic (exact) mass is 481 g/mol. The van der Waals surface area contributed by atoms with Crippen molar-refractivity contribution in [2.75, 3.05) is 34.5 Å². The van der Waals surface area contributed by atoms with Gasteiger partial charge in [0.15, 0.2) is 35.4 Å². The molecule has 1 amide bonds. The van der Waals surface area contributed by atoms with Crippen molar-refractivity contribution in [3.05, 3.63) is 64.4 Å². The molecule has 10 nitrogen and oxygen atoms in total. The van der Waals surface area contributed by atoms with Crippen molar-refractivity contribution < 1.29 is 28.5 Å². The normalized spacial score (nSPS) is 10.4. The minimum atomic E-state index is -0.383. The third-order valence-electron chi connectivity index (χ3n) is 5.12. The first-order chi connectivity index (χ1) is 16.9. The number of carbonyl (C=O) groups excluding carboxylic acids is 2. The molecule has 0 fully saturated rings. The Kier molecular flexibility index (Phi) is 8.44. The number of aromatic nitrogens is 2. The minimum Gasteiger partial charge on any atom is -0.493 e. The number of amides is 1. The van der Waals surface area contributed by atoms with Gasteiger partial charge in [0.25, 0.3) is 11.5 Å². The Bertz CT molecular complexity index is 1270. The van der Waals surface area contributed by atoms with Crippen LogP contribution in [0.2, 0.25) is 0 Å². The fraction of sp³-hybridized carbons (Fsp3) is 0.280. The molecule has 1 N–H and O–H groups in total. The van der Waals surface area contributed by atoms with Crippen LogP contribution in [0.3, 0.4) is 0 Å². The second-order valence-electron chi connectivity index (χ2n) is 7.41. The number of benzene rings is 2. The van der Waals surface area contributed by atoms with Crippen LogP contribution in [-0.4, -0.2) is 56.0 Å². The predicted molar refractivity (Wildman–Crippen MR) is 129 cm³/mol. The first-order valence-corrected chi connectivity index (χ1v) is 10.7. The van der Waals surface area contributed by atoms with Crippen LogP contribution >= 0.6 is 0 Å². The van der Waals surface area contributed by atoms with Crippen molar-refractivity contribution in [2.45, 2.75) is 13.5 Å². The van der Waals surface area contributed by atoms with Crippen LogP contribution < -0.4 is 29.8 Å². The summed E-state index contributed by atoms with van der Waals surface area (Å²) in [6.45, 7) is 1.53. The minimum absolute atomic E-state index is 0.105. The van der Waals surface area contributed by atoms with E-state index in [1.165, 1.54) is 24.8 Å². The number of carbonyl (C=O) groups is 2. The number of nitrogens with zero attached hydrogens (tertiary/aromatic N) is 2. The largest absolute Gasteiger partial charge is 0.493 e. The van der Waals surface area contributed by atoms with Crippen LogP contribution in [0.5, 0.6) is 23.0 Å². The number of rotatable bonds is 11. The van der Waals surface area contributed by atoms with Crippen LogP contribution in [-0.2, 0) is 11.3 Å². The van der Waals surface area contributed by atoms with E-state index in [0.29, 0.717) is 34.3 Å². The second kappa shape index (κ2) is 11.7. The van der Waals surface area contributed by atoms with E-state index < -0.39 is 0 Å². The first-order valence-electron chi connectivity index (χ1n) is 10.7. The molecule has 0 aliphatic rings. The maximum atomic E-state index is 12.2. The summed E-state index contributed by atoms with van der Waals surface area (Å²) >= 11 is 0. The number of Topliss-reactive ketones (excluding diaryl/α,β-unsaturated/α-hetero) is 1. The molecule has 0 spiro atoms. The maximum absolute atomic E-state index is 12.2. The zero-order chi connectivity index (χ0) is 25.4. The molecule has 2 aromatic carbocycles. The average Bonchev–Trinajstić information content (AvgIpc) is 2.87. The highest BCUT2D eigenvalue weighted by atomic mass is 16.5. The van der Waals surface area contributed by atoms with Gasteiger partial charge in [-0.1, -0.05) is 0 Å². The van der Waals surface area contributed by atoms with E-state index in [4.69, 9.17) is 18.9 Å². The fourth-order valence-corrected chi connectivity index (χ4v) is 3.26. The third kappa shape index (κ3) is 6.38. The molecule has 0 aliphatic carbocycles. The Morgan fingerprint density at radius 3 is 2.26 bits per heavy atom. The number of nitrogens with one attached hydrogen (secondary N) is 1. The van der Waals surface area contributed by atoms with Crippen LogP contribution in [0.15, 0.2) is 53.3 Å². The SMILES string of the molecule is COc1ccc(-c2ccc(=O)n(CCNC(=O)COc3ccc(C(C)=O)cc3OC)n2)cc1OC. The van der Waals surface area contributed by atoms with Crippen molar-refractivity contribution in [2.24, 2.45) is 0 Å². The van der Waals surface area contributed by atoms with E-state index in [2.05, 4.69) is 10.4 Å².